The molecule has 4 heterocycles. The summed E-state index contributed by atoms with van der Waals surface area (Å²) in [6.07, 6.45) is -3.34. The van der Waals surface area contributed by atoms with Crippen LogP contribution in [-0.4, -0.2) is 72.5 Å². The number of aromatic nitrogens is 5. The second-order valence-corrected chi connectivity index (χ2v) is 6.76. The number of aliphatic hydroxyl groups excluding tert-OH is 2. The van der Waals surface area contributed by atoms with E-state index in [-0.39, 0.29) is 24.0 Å². The smallest absolute Gasteiger partial charge is 0.390 e. The zero-order valence-corrected chi connectivity index (χ0v) is 16.5. The molecule has 11 nitrogen and oxygen atoms in total. The number of hydrogen-bond acceptors (Lipinski definition) is 9. The van der Waals surface area contributed by atoms with Crippen molar-refractivity contribution in [2.75, 3.05) is 18.9 Å². The van der Waals surface area contributed by atoms with Crippen molar-refractivity contribution in [3.63, 3.8) is 0 Å². The molecule has 172 valence electrons. The lowest BCUT2D eigenvalue weighted by Crippen LogP contribution is -2.50. The highest BCUT2D eigenvalue weighted by atomic mass is 19.4. The number of rotatable bonds is 3. The zero-order chi connectivity index (χ0) is 23.3. The van der Waals surface area contributed by atoms with E-state index in [9.17, 15) is 28.2 Å². The van der Waals surface area contributed by atoms with Gasteiger partial charge in [-0.3, -0.25) is 9.78 Å². The SMILES string of the molecule is Nc1cncc(C(F)(F)F)n1.O=C(NCC1OCCC(O)C1O)c1ccc2[nH]cnc2n1. The number of amides is 1. The Morgan fingerprint density at radius 3 is 2.75 bits per heavy atom. The maximum Gasteiger partial charge on any atom is 0.434 e. The van der Waals surface area contributed by atoms with Crippen molar-refractivity contribution < 1.29 is 32.9 Å². The highest BCUT2D eigenvalue weighted by Crippen LogP contribution is 2.26. The molecule has 1 aliphatic rings. The second-order valence-electron chi connectivity index (χ2n) is 6.76. The van der Waals surface area contributed by atoms with Gasteiger partial charge in [-0.15, -0.1) is 0 Å². The van der Waals surface area contributed by atoms with Crippen molar-refractivity contribution in [3.05, 3.63) is 42.2 Å². The molecule has 0 aliphatic carbocycles. The van der Waals surface area contributed by atoms with Crippen LogP contribution in [0.25, 0.3) is 11.2 Å². The lowest BCUT2D eigenvalue weighted by molar-refractivity contribution is -0.141. The van der Waals surface area contributed by atoms with E-state index in [1.807, 2.05) is 0 Å². The van der Waals surface area contributed by atoms with Gasteiger partial charge in [0.2, 0.25) is 0 Å². The number of nitrogens with zero attached hydrogens (tertiary/aromatic N) is 4. The minimum Gasteiger partial charge on any atom is -0.390 e. The highest BCUT2D eigenvalue weighted by Gasteiger charge is 2.33. The number of carbonyl (C=O) groups excluding carboxylic acids is 1. The van der Waals surface area contributed by atoms with Gasteiger partial charge in [0.1, 0.15) is 23.7 Å². The fourth-order valence-electron chi connectivity index (χ4n) is 2.79. The van der Waals surface area contributed by atoms with Crippen LogP contribution in [0.1, 0.15) is 22.6 Å². The van der Waals surface area contributed by atoms with Gasteiger partial charge in [0.25, 0.3) is 5.91 Å². The first kappa shape index (κ1) is 23.3. The van der Waals surface area contributed by atoms with Crippen LogP contribution in [0.15, 0.2) is 30.9 Å². The lowest BCUT2D eigenvalue weighted by Gasteiger charge is -2.31. The molecule has 0 radical (unpaired) electrons. The van der Waals surface area contributed by atoms with E-state index < -0.39 is 30.2 Å². The monoisotopic (exact) mass is 455 g/mol. The molecule has 6 N–H and O–H groups in total. The molecule has 1 amide bonds. The first-order chi connectivity index (χ1) is 15.1. The number of nitrogens with one attached hydrogen (secondary N) is 2. The predicted molar refractivity (Wildman–Crippen MR) is 104 cm³/mol. The third kappa shape index (κ3) is 5.87. The largest absolute Gasteiger partial charge is 0.434 e. The summed E-state index contributed by atoms with van der Waals surface area (Å²) in [5, 5.41) is 22.0. The fraction of sp³-hybridized carbons (Fsp3) is 0.389. The minimum atomic E-state index is -4.47. The topological polar surface area (TPSA) is 172 Å². The van der Waals surface area contributed by atoms with E-state index in [2.05, 4.69) is 30.2 Å². The third-order valence-electron chi connectivity index (χ3n) is 4.44. The number of aromatic amines is 1. The maximum atomic E-state index is 12.0. The second kappa shape index (κ2) is 9.84. The summed E-state index contributed by atoms with van der Waals surface area (Å²) in [6, 6.07) is 3.31. The average Bonchev–Trinajstić information content (AvgIpc) is 3.22. The lowest BCUT2D eigenvalue weighted by atomic mass is 10.0. The minimum absolute atomic E-state index is 0.108. The van der Waals surface area contributed by atoms with Crippen LogP contribution in [0.2, 0.25) is 0 Å². The molecular formula is C18H20F3N7O4. The van der Waals surface area contributed by atoms with Crippen molar-refractivity contribution in [2.45, 2.75) is 30.9 Å². The maximum absolute atomic E-state index is 12.0. The van der Waals surface area contributed by atoms with Crippen molar-refractivity contribution >= 4 is 22.9 Å². The molecular weight excluding hydrogens is 435 g/mol. The fourth-order valence-corrected chi connectivity index (χ4v) is 2.79. The number of halogens is 3. The van der Waals surface area contributed by atoms with Crippen LogP contribution in [0, 0.1) is 0 Å². The van der Waals surface area contributed by atoms with Crippen LogP contribution in [0.4, 0.5) is 19.0 Å². The number of nitrogens with two attached hydrogens (primary N) is 1. The Morgan fingerprint density at radius 1 is 1.28 bits per heavy atom. The Bertz CT molecular complexity index is 1060. The molecule has 32 heavy (non-hydrogen) atoms. The molecule has 0 bridgehead atoms. The van der Waals surface area contributed by atoms with Crippen molar-refractivity contribution in [1.82, 2.24) is 30.2 Å². The number of pyridine rings is 1. The van der Waals surface area contributed by atoms with Crippen LogP contribution in [0.5, 0.6) is 0 Å². The Kier molecular flexibility index (Phi) is 7.17. The summed E-state index contributed by atoms with van der Waals surface area (Å²) in [4.78, 5) is 29.3. The molecule has 1 fully saturated rings. The number of aliphatic hydroxyl groups is 2. The molecule has 0 spiro atoms. The van der Waals surface area contributed by atoms with E-state index in [0.29, 0.717) is 24.9 Å². The molecule has 4 rings (SSSR count). The number of imidazole rings is 1. The molecule has 3 atom stereocenters. The van der Waals surface area contributed by atoms with Crippen molar-refractivity contribution in [3.8, 4) is 0 Å². The van der Waals surface area contributed by atoms with Crippen molar-refractivity contribution in [1.29, 1.82) is 0 Å². The van der Waals surface area contributed by atoms with Gasteiger partial charge in [0, 0.05) is 13.2 Å². The molecule has 3 aromatic rings. The summed E-state index contributed by atoms with van der Waals surface area (Å²) in [7, 11) is 0. The van der Waals surface area contributed by atoms with E-state index in [1.165, 1.54) is 6.33 Å². The van der Waals surface area contributed by atoms with Gasteiger partial charge in [0.15, 0.2) is 11.3 Å². The molecule has 0 saturated carbocycles. The average molecular weight is 455 g/mol. The quantitative estimate of drug-likeness (QED) is 0.372. The van der Waals surface area contributed by atoms with Gasteiger partial charge in [-0.25, -0.2) is 15.0 Å². The number of alkyl halides is 3. The number of fused-ring (bicyclic) bond motifs is 1. The highest BCUT2D eigenvalue weighted by molar-refractivity contribution is 5.93. The number of carbonyl (C=O) groups is 1. The first-order valence-electron chi connectivity index (χ1n) is 9.36. The number of ether oxygens (including phenoxy) is 1. The van der Waals surface area contributed by atoms with Crippen LogP contribution in [-0.2, 0) is 10.9 Å². The van der Waals surface area contributed by atoms with E-state index in [0.717, 1.165) is 11.7 Å². The van der Waals surface area contributed by atoms with E-state index in [4.69, 9.17) is 10.5 Å². The van der Waals surface area contributed by atoms with Gasteiger partial charge in [-0.05, 0) is 18.6 Å². The third-order valence-corrected chi connectivity index (χ3v) is 4.44. The summed E-state index contributed by atoms with van der Waals surface area (Å²) in [5.41, 5.74) is 5.36. The molecule has 1 saturated heterocycles. The Hall–Kier alpha value is -3.36. The molecule has 0 aromatic carbocycles. The van der Waals surface area contributed by atoms with Crippen molar-refractivity contribution in [2.24, 2.45) is 0 Å². The van der Waals surface area contributed by atoms with Crippen LogP contribution < -0.4 is 11.1 Å². The molecule has 3 unspecified atom stereocenters. The first-order valence-corrected chi connectivity index (χ1v) is 9.36. The number of hydrogen-bond donors (Lipinski definition) is 5. The van der Waals surface area contributed by atoms with Crippen LogP contribution >= 0.6 is 0 Å². The normalized spacial score (nSPS) is 21.0. The predicted octanol–water partition coefficient (Wildman–Crippen LogP) is 0.276. The van der Waals surface area contributed by atoms with Crippen LogP contribution in [0.3, 0.4) is 0 Å². The van der Waals surface area contributed by atoms with E-state index >= 15 is 0 Å². The Morgan fingerprint density at radius 2 is 2.06 bits per heavy atom. The standard InChI is InChI=1S/C13H16N4O4.C5H4F3N3/c18-9-3-4-21-10(11(9)19)5-14-13(20)8-2-1-7-12(17-8)16-6-15-7;6-5(7,8)3-1-10-2-4(9)11-3/h1-2,6,9-11,18-19H,3-5H2,(H,14,20)(H,15,16,17);1-2H,(H2,9,11). The van der Waals surface area contributed by atoms with E-state index in [1.54, 1.807) is 12.1 Å². The summed E-state index contributed by atoms with van der Waals surface area (Å²) >= 11 is 0. The number of H-pyrrole nitrogens is 1. The number of anilines is 1. The molecule has 1 aliphatic heterocycles. The molecule has 3 aromatic heterocycles. The van der Waals surface area contributed by atoms with Gasteiger partial charge in [-0.1, -0.05) is 0 Å². The molecule has 14 heteroatoms. The van der Waals surface area contributed by atoms with Gasteiger partial charge in [0.05, 0.1) is 30.3 Å². The Labute approximate surface area is 178 Å². The summed E-state index contributed by atoms with van der Waals surface area (Å²) in [6.45, 7) is 0.466. The van der Waals surface area contributed by atoms with Gasteiger partial charge >= 0.3 is 6.18 Å². The summed E-state index contributed by atoms with van der Waals surface area (Å²) in [5.74, 6) is -0.615. The Balaban J connectivity index is 0.000000222. The number of nitrogen functional groups attached to an aromatic ring is 1. The van der Waals surface area contributed by atoms with Gasteiger partial charge in [-0.2, -0.15) is 13.2 Å². The zero-order valence-electron chi connectivity index (χ0n) is 16.5. The summed E-state index contributed by atoms with van der Waals surface area (Å²) < 4.78 is 40.8. The van der Waals surface area contributed by atoms with Gasteiger partial charge < -0.3 is 31.0 Å².